The van der Waals surface area contributed by atoms with E-state index in [1.54, 1.807) is 6.07 Å². The Bertz CT molecular complexity index is 1030. The van der Waals surface area contributed by atoms with E-state index in [1.807, 2.05) is 50.2 Å². The van der Waals surface area contributed by atoms with Crippen molar-refractivity contribution in [2.75, 3.05) is 13.1 Å². The van der Waals surface area contributed by atoms with Crippen LogP contribution < -0.4 is 16.0 Å². The minimum absolute atomic E-state index is 0.0384. The number of hydrogen-bond donors (Lipinski definition) is 3. The van der Waals surface area contributed by atoms with Gasteiger partial charge in [0.05, 0.1) is 11.1 Å². The molecule has 8 nitrogen and oxygen atoms in total. The first-order valence-corrected chi connectivity index (χ1v) is 10.9. The third kappa shape index (κ3) is 4.88. The number of aliphatic carboxylic acids is 1. The Hall–Kier alpha value is -2.65. The van der Waals surface area contributed by atoms with Crippen LogP contribution in [-0.4, -0.2) is 46.5 Å². The number of benzene rings is 2. The summed E-state index contributed by atoms with van der Waals surface area (Å²) in [7, 11) is 0. The SMILES string of the molecule is CC(C)Oc1ccc(C2=NC(c3ccc(CN4CCC(N)(C(=O)O)C4)cc3)ON2)cc1Cl. The number of ether oxygens (including phenoxy) is 1. The van der Waals surface area contributed by atoms with Gasteiger partial charge in [-0.3, -0.25) is 9.69 Å². The second-order valence-corrected chi connectivity index (χ2v) is 8.93. The van der Waals surface area contributed by atoms with Gasteiger partial charge in [-0.05, 0) is 44.0 Å². The van der Waals surface area contributed by atoms with Crippen LogP contribution in [0.4, 0.5) is 0 Å². The number of nitrogens with zero attached hydrogens (tertiary/aromatic N) is 2. The molecule has 0 radical (unpaired) electrons. The molecule has 9 heteroatoms. The number of hydroxylamine groups is 1. The maximum Gasteiger partial charge on any atom is 0.325 e. The monoisotopic (exact) mass is 458 g/mol. The van der Waals surface area contributed by atoms with Gasteiger partial charge in [-0.1, -0.05) is 35.9 Å². The summed E-state index contributed by atoms with van der Waals surface area (Å²) in [5.74, 6) is 0.283. The number of carbonyl (C=O) groups is 1. The Morgan fingerprint density at radius 2 is 2.12 bits per heavy atom. The van der Waals surface area contributed by atoms with Crippen LogP contribution in [0.1, 0.15) is 43.2 Å². The van der Waals surface area contributed by atoms with Crippen LogP contribution in [0, 0.1) is 0 Å². The fourth-order valence-corrected chi connectivity index (χ4v) is 4.05. The summed E-state index contributed by atoms with van der Waals surface area (Å²) in [6.45, 7) is 5.55. The maximum absolute atomic E-state index is 11.3. The minimum Gasteiger partial charge on any atom is -0.489 e. The lowest BCUT2D eigenvalue weighted by Gasteiger charge is -2.20. The second-order valence-electron chi connectivity index (χ2n) is 8.53. The molecule has 4 N–H and O–H groups in total. The molecule has 0 spiro atoms. The molecule has 2 aromatic rings. The molecule has 0 amide bonds. The first-order chi connectivity index (χ1) is 15.2. The third-order valence-corrected chi connectivity index (χ3v) is 5.85. The van der Waals surface area contributed by atoms with E-state index < -0.39 is 17.7 Å². The van der Waals surface area contributed by atoms with E-state index in [4.69, 9.17) is 26.9 Å². The normalized spacial score (nSPS) is 23.3. The van der Waals surface area contributed by atoms with Crippen LogP contribution in [0.15, 0.2) is 47.5 Å². The van der Waals surface area contributed by atoms with Crippen molar-refractivity contribution in [2.24, 2.45) is 10.7 Å². The van der Waals surface area contributed by atoms with Crippen molar-refractivity contribution in [3.05, 3.63) is 64.2 Å². The lowest BCUT2D eigenvalue weighted by molar-refractivity contribution is -0.142. The van der Waals surface area contributed by atoms with Gasteiger partial charge < -0.3 is 15.6 Å². The average Bonchev–Trinajstić information content (AvgIpc) is 3.38. The summed E-state index contributed by atoms with van der Waals surface area (Å²) in [5, 5.41) is 9.80. The summed E-state index contributed by atoms with van der Waals surface area (Å²) in [4.78, 5) is 23.7. The molecule has 1 fully saturated rings. The highest BCUT2D eigenvalue weighted by Gasteiger charge is 2.41. The molecule has 2 unspecified atom stereocenters. The van der Waals surface area contributed by atoms with Gasteiger partial charge in [-0.25, -0.2) is 15.3 Å². The number of nitrogens with one attached hydrogen (secondary N) is 1. The summed E-state index contributed by atoms with van der Waals surface area (Å²) in [6.07, 6.45) is 0.0186. The van der Waals surface area contributed by atoms with E-state index in [0.717, 1.165) is 16.7 Å². The van der Waals surface area contributed by atoms with Crippen LogP contribution in [0.25, 0.3) is 0 Å². The smallest absolute Gasteiger partial charge is 0.325 e. The lowest BCUT2D eigenvalue weighted by atomic mass is 10.0. The Labute approximate surface area is 191 Å². The van der Waals surface area contributed by atoms with E-state index in [1.165, 1.54) is 0 Å². The predicted molar refractivity (Wildman–Crippen MR) is 122 cm³/mol. The van der Waals surface area contributed by atoms with Crippen molar-refractivity contribution in [3.63, 3.8) is 0 Å². The van der Waals surface area contributed by atoms with Crippen molar-refractivity contribution in [2.45, 2.75) is 44.7 Å². The third-order valence-electron chi connectivity index (χ3n) is 5.56. The van der Waals surface area contributed by atoms with Crippen LogP contribution >= 0.6 is 11.6 Å². The van der Waals surface area contributed by atoms with Crippen molar-refractivity contribution < 1.29 is 19.5 Å². The standard InChI is InChI=1S/C23H27ClN4O4/c1-14(2)31-19-8-7-17(11-18(19)24)20-26-21(32-27-20)16-5-3-15(4-6-16)12-28-10-9-23(25,13-28)22(29)30/h3-8,11,14,21H,9-10,12-13,25H2,1-2H3,(H,26,27)(H,29,30). The zero-order valence-electron chi connectivity index (χ0n) is 18.0. The number of nitrogens with two attached hydrogens (primary N) is 1. The summed E-state index contributed by atoms with van der Waals surface area (Å²) in [5.41, 5.74) is 10.5. The average molecular weight is 459 g/mol. The molecule has 0 aromatic heterocycles. The van der Waals surface area contributed by atoms with Gasteiger partial charge in [-0.2, -0.15) is 0 Å². The zero-order valence-corrected chi connectivity index (χ0v) is 18.8. The maximum atomic E-state index is 11.3. The molecule has 0 aliphatic carbocycles. The molecular weight excluding hydrogens is 432 g/mol. The van der Waals surface area contributed by atoms with E-state index in [9.17, 15) is 9.90 Å². The fraction of sp³-hybridized carbons (Fsp3) is 0.391. The molecule has 2 heterocycles. The molecule has 4 rings (SSSR count). The molecular formula is C23H27ClN4O4. The van der Waals surface area contributed by atoms with Gasteiger partial charge >= 0.3 is 5.97 Å². The molecule has 0 bridgehead atoms. The molecule has 2 atom stereocenters. The number of halogens is 1. The second kappa shape index (κ2) is 9.07. The number of hydrogen-bond acceptors (Lipinski definition) is 7. The van der Waals surface area contributed by atoms with Gasteiger partial charge in [-0.15, -0.1) is 0 Å². The minimum atomic E-state index is -1.16. The van der Waals surface area contributed by atoms with Gasteiger partial charge in [0, 0.05) is 30.8 Å². The molecule has 170 valence electrons. The topological polar surface area (TPSA) is 109 Å². The number of aliphatic imine (C=N–C) groups is 1. The highest BCUT2D eigenvalue weighted by molar-refractivity contribution is 6.32. The van der Waals surface area contributed by atoms with Crippen molar-refractivity contribution in [1.29, 1.82) is 0 Å². The van der Waals surface area contributed by atoms with E-state index >= 15 is 0 Å². The van der Waals surface area contributed by atoms with Crippen LogP contribution in [-0.2, 0) is 16.2 Å². The molecule has 0 saturated carbocycles. The summed E-state index contributed by atoms with van der Waals surface area (Å²) < 4.78 is 5.67. The highest BCUT2D eigenvalue weighted by Crippen LogP contribution is 2.29. The van der Waals surface area contributed by atoms with Crippen LogP contribution in [0.3, 0.4) is 0 Å². The lowest BCUT2D eigenvalue weighted by Crippen LogP contribution is -2.50. The number of carboxylic acids is 1. The number of likely N-dealkylation sites (tertiary alicyclic amines) is 1. The van der Waals surface area contributed by atoms with Crippen molar-refractivity contribution >= 4 is 23.4 Å². The first-order valence-electron chi connectivity index (χ1n) is 10.5. The summed E-state index contributed by atoms with van der Waals surface area (Å²) in [6, 6.07) is 13.4. The largest absolute Gasteiger partial charge is 0.489 e. The number of amidine groups is 1. The quantitative estimate of drug-likeness (QED) is 0.584. The van der Waals surface area contributed by atoms with E-state index in [2.05, 4.69) is 15.4 Å². The Balaban J connectivity index is 1.40. The van der Waals surface area contributed by atoms with Crippen molar-refractivity contribution in [3.8, 4) is 5.75 Å². The molecule has 2 aliphatic heterocycles. The van der Waals surface area contributed by atoms with Gasteiger partial charge in [0.1, 0.15) is 11.3 Å². The number of carboxylic acid groups (broad SMARTS) is 1. The molecule has 2 aromatic carbocycles. The van der Waals surface area contributed by atoms with Gasteiger partial charge in [0.25, 0.3) is 0 Å². The number of rotatable bonds is 7. The fourth-order valence-electron chi connectivity index (χ4n) is 3.83. The highest BCUT2D eigenvalue weighted by atomic mass is 35.5. The van der Waals surface area contributed by atoms with Crippen LogP contribution in [0.5, 0.6) is 5.75 Å². The van der Waals surface area contributed by atoms with E-state index in [0.29, 0.717) is 42.7 Å². The summed E-state index contributed by atoms with van der Waals surface area (Å²) >= 11 is 6.33. The zero-order chi connectivity index (χ0) is 22.9. The molecule has 32 heavy (non-hydrogen) atoms. The van der Waals surface area contributed by atoms with Crippen LogP contribution in [0.2, 0.25) is 5.02 Å². The van der Waals surface area contributed by atoms with Crippen molar-refractivity contribution in [1.82, 2.24) is 10.4 Å². The van der Waals surface area contributed by atoms with Gasteiger partial charge in [0.15, 0.2) is 5.84 Å². The first kappa shape index (κ1) is 22.5. The molecule has 1 saturated heterocycles. The Kier molecular flexibility index (Phi) is 6.39. The van der Waals surface area contributed by atoms with Gasteiger partial charge in [0.2, 0.25) is 6.23 Å². The predicted octanol–water partition coefficient (Wildman–Crippen LogP) is 3.10. The Morgan fingerprint density at radius 3 is 2.75 bits per heavy atom. The Morgan fingerprint density at radius 1 is 1.38 bits per heavy atom. The van der Waals surface area contributed by atoms with E-state index in [-0.39, 0.29) is 6.10 Å². The molecule has 2 aliphatic rings.